The van der Waals surface area contributed by atoms with E-state index in [4.69, 9.17) is 4.74 Å². The predicted molar refractivity (Wildman–Crippen MR) is 128 cm³/mol. The molecule has 5 rings (SSSR count). The van der Waals surface area contributed by atoms with Crippen molar-refractivity contribution >= 4 is 6.09 Å². The van der Waals surface area contributed by atoms with Crippen LogP contribution in [-0.4, -0.2) is 49.2 Å². The van der Waals surface area contributed by atoms with E-state index in [1.807, 2.05) is 25.2 Å². The number of rotatable bonds is 6. The highest BCUT2D eigenvalue weighted by molar-refractivity contribution is 5.79. The van der Waals surface area contributed by atoms with Gasteiger partial charge in [0.2, 0.25) is 0 Å². The van der Waals surface area contributed by atoms with Crippen molar-refractivity contribution in [1.82, 2.24) is 9.80 Å². The molecule has 32 heavy (non-hydrogen) atoms. The van der Waals surface area contributed by atoms with Crippen molar-refractivity contribution in [2.24, 2.45) is 0 Å². The van der Waals surface area contributed by atoms with Crippen molar-refractivity contribution < 1.29 is 9.53 Å². The van der Waals surface area contributed by atoms with Crippen LogP contribution in [-0.2, 0) is 4.74 Å². The van der Waals surface area contributed by atoms with Crippen molar-refractivity contribution in [1.29, 1.82) is 0 Å². The first-order valence-electron chi connectivity index (χ1n) is 11.6. The molecule has 1 aliphatic carbocycles. The lowest BCUT2D eigenvalue weighted by Gasteiger charge is -2.31. The van der Waals surface area contributed by atoms with Gasteiger partial charge in [-0.05, 0) is 53.7 Å². The number of hydrogen-bond acceptors (Lipinski definition) is 3. The van der Waals surface area contributed by atoms with Crippen LogP contribution >= 0.6 is 0 Å². The summed E-state index contributed by atoms with van der Waals surface area (Å²) in [4.78, 5) is 17.4. The summed E-state index contributed by atoms with van der Waals surface area (Å²) < 4.78 is 5.94. The summed E-state index contributed by atoms with van der Waals surface area (Å²) in [5, 5.41) is 0. The number of nitrogens with zero attached hydrogens (tertiary/aromatic N) is 2. The molecule has 164 valence electrons. The fraction of sp³-hybridized carbons (Fsp3) is 0.321. The lowest BCUT2D eigenvalue weighted by molar-refractivity contribution is 0.0866. The molecule has 0 spiro atoms. The fourth-order valence-electron chi connectivity index (χ4n) is 5.16. The number of hydrogen-bond donors (Lipinski definition) is 0. The number of ether oxygens (including phenoxy) is 1. The molecule has 1 heterocycles. The molecule has 1 aliphatic heterocycles. The monoisotopic (exact) mass is 426 g/mol. The minimum absolute atomic E-state index is 0.0232. The Bertz CT molecular complexity index is 1030. The van der Waals surface area contributed by atoms with Crippen LogP contribution in [0.3, 0.4) is 0 Å². The van der Waals surface area contributed by atoms with Gasteiger partial charge in [0.15, 0.2) is 0 Å². The van der Waals surface area contributed by atoms with Gasteiger partial charge in [0, 0.05) is 19.5 Å². The Balaban J connectivity index is 1.32. The number of carbonyl (C=O) groups is 1. The third-order valence-electron chi connectivity index (χ3n) is 6.91. The molecule has 1 atom stereocenters. The summed E-state index contributed by atoms with van der Waals surface area (Å²) in [7, 11) is 1.87. The fourth-order valence-corrected chi connectivity index (χ4v) is 5.16. The van der Waals surface area contributed by atoms with Gasteiger partial charge >= 0.3 is 6.09 Å². The van der Waals surface area contributed by atoms with Crippen LogP contribution in [0.15, 0.2) is 78.9 Å². The molecule has 0 unspecified atom stereocenters. The first-order chi connectivity index (χ1) is 15.7. The van der Waals surface area contributed by atoms with Crippen LogP contribution in [0.25, 0.3) is 11.1 Å². The van der Waals surface area contributed by atoms with Crippen LogP contribution in [0.2, 0.25) is 0 Å². The van der Waals surface area contributed by atoms with Gasteiger partial charge < -0.3 is 14.5 Å². The zero-order valence-electron chi connectivity index (χ0n) is 18.6. The highest BCUT2D eigenvalue weighted by atomic mass is 16.6. The summed E-state index contributed by atoms with van der Waals surface area (Å²) in [6.45, 7) is 3.39. The standard InChI is InChI=1S/C28H30N2O2/c1-29(27(19-30-17-9-10-18-30)21-11-3-2-4-12-21)28(31)32-20-26-24-15-7-5-13-22(24)23-14-6-8-16-25(23)26/h2-8,11-16,26-27H,9-10,17-20H2,1H3/t27-/m1/s1. The maximum Gasteiger partial charge on any atom is 0.410 e. The van der Waals surface area contributed by atoms with Crippen LogP contribution < -0.4 is 0 Å². The molecule has 1 amide bonds. The van der Waals surface area contributed by atoms with E-state index in [1.165, 1.54) is 35.1 Å². The summed E-state index contributed by atoms with van der Waals surface area (Å²) in [5.74, 6) is 0.0773. The summed E-state index contributed by atoms with van der Waals surface area (Å²) >= 11 is 0. The molecule has 0 bridgehead atoms. The lowest BCUT2D eigenvalue weighted by Crippen LogP contribution is -2.39. The minimum Gasteiger partial charge on any atom is -0.448 e. The number of carbonyl (C=O) groups excluding carboxylic acids is 1. The summed E-state index contributed by atoms with van der Waals surface area (Å²) in [6.07, 6.45) is 2.20. The predicted octanol–water partition coefficient (Wildman–Crippen LogP) is 5.70. The van der Waals surface area contributed by atoms with Crippen molar-refractivity contribution in [3.8, 4) is 11.1 Å². The number of likely N-dealkylation sites (tertiary alicyclic amines) is 1. The zero-order chi connectivity index (χ0) is 21.9. The molecule has 0 radical (unpaired) electrons. The van der Waals surface area contributed by atoms with E-state index in [2.05, 4.69) is 65.6 Å². The molecule has 0 aromatic heterocycles. The third kappa shape index (κ3) is 4.03. The van der Waals surface area contributed by atoms with Gasteiger partial charge in [-0.15, -0.1) is 0 Å². The van der Waals surface area contributed by atoms with E-state index in [0.717, 1.165) is 25.2 Å². The topological polar surface area (TPSA) is 32.8 Å². The van der Waals surface area contributed by atoms with Crippen molar-refractivity contribution in [2.45, 2.75) is 24.8 Å². The van der Waals surface area contributed by atoms with Gasteiger partial charge in [-0.1, -0.05) is 78.9 Å². The second kappa shape index (κ2) is 9.17. The number of benzene rings is 3. The van der Waals surface area contributed by atoms with Crippen LogP contribution in [0, 0.1) is 0 Å². The second-order valence-electron chi connectivity index (χ2n) is 8.85. The number of likely N-dealkylation sites (N-methyl/N-ethyl adjacent to an activating group) is 1. The van der Waals surface area contributed by atoms with Crippen LogP contribution in [0.4, 0.5) is 4.79 Å². The van der Waals surface area contributed by atoms with Gasteiger partial charge in [-0.25, -0.2) is 4.79 Å². The van der Waals surface area contributed by atoms with Gasteiger partial charge in [0.1, 0.15) is 6.61 Å². The van der Waals surface area contributed by atoms with Crippen molar-refractivity contribution in [2.75, 3.05) is 33.3 Å². The zero-order valence-corrected chi connectivity index (χ0v) is 18.6. The maximum absolute atomic E-state index is 13.2. The van der Waals surface area contributed by atoms with Crippen LogP contribution in [0.1, 0.15) is 41.5 Å². The molecule has 0 N–H and O–H groups in total. The Hall–Kier alpha value is -3.11. The number of amides is 1. The van der Waals surface area contributed by atoms with Gasteiger partial charge in [-0.3, -0.25) is 0 Å². The highest BCUT2D eigenvalue weighted by Gasteiger charge is 2.31. The highest BCUT2D eigenvalue weighted by Crippen LogP contribution is 2.44. The summed E-state index contributed by atoms with van der Waals surface area (Å²) in [6, 6.07) is 27.2. The lowest BCUT2D eigenvalue weighted by atomic mass is 9.98. The van der Waals surface area contributed by atoms with Crippen molar-refractivity contribution in [3.63, 3.8) is 0 Å². The third-order valence-corrected chi connectivity index (χ3v) is 6.91. The minimum atomic E-state index is -0.264. The molecule has 1 fully saturated rings. The first kappa shape index (κ1) is 20.8. The quantitative estimate of drug-likeness (QED) is 0.507. The molecule has 0 saturated carbocycles. The molecule has 4 heteroatoms. The Morgan fingerprint density at radius 3 is 2.09 bits per heavy atom. The van der Waals surface area contributed by atoms with E-state index < -0.39 is 0 Å². The molecular formula is C28H30N2O2. The van der Waals surface area contributed by atoms with E-state index in [9.17, 15) is 4.79 Å². The Morgan fingerprint density at radius 2 is 1.47 bits per heavy atom. The average molecular weight is 427 g/mol. The smallest absolute Gasteiger partial charge is 0.410 e. The van der Waals surface area contributed by atoms with Crippen LogP contribution in [0.5, 0.6) is 0 Å². The normalized spacial score (nSPS) is 16.4. The Morgan fingerprint density at radius 1 is 0.906 bits per heavy atom. The van der Waals surface area contributed by atoms with Gasteiger partial charge in [0.25, 0.3) is 0 Å². The molecule has 1 saturated heterocycles. The number of fused-ring (bicyclic) bond motifs is 3. The largest absolute Gasteiger partial charge is 0.448 e. The summed E-state index contributed by atoms with van der Waals surface area (Å²) in [5.41, 5.74) is 6.11. The second-order valence-corrected chi connectivity index (χ2v) is 8.85. The SMILES string of the molecule is CN(C(=O)OCC1c2ccccc2-c2ccccc21)[C@H](CN1CCCC1)c1ccccc1. The van der Waals surface area contributed by atoms with Crippen molar-refractivity contribution in [3.05, 3.63) is 95.6 Å². The maximum atomic E-state index is 13.2. The Kier molecular flexibility index (Phi) is 5.95. The average Bonchev–Trinajstić information content (AvgIpc) is 3.47. The van der Waals surface area contributed by atoms with E-state index in [0.29, 0.717) is 6.61 Å². The first-order valence-corrected chi connectivity index (χ1v) is 11.6. The molecule has 3 aromatic rings. The molecule has 3 aromatic carbocycles. The van der Waals surface area contributed by atoms with E-state index in [1.54, 1.807) is 4.90 Å². The van der Waals surface area contributed by atoms with Gasteiger partial charge in [0.05, 0.1) is 6.04 Å². The molecule has 4 nitrogen and oxygen atoms in total. The van der Waals surface area contributed by atoms with Gasteiger partial charge in [-0.2, -0.15) is 0 Å². The molecule has 2 aliphatic rings. The Labute approximate surface area is 190 Å². The molecular weight excluding hydrogens is 396 g/mol. The van der Waals surface area contributed by atoms with E-state index >= 15 is 0 Å². The van der Waals surface area contributed by atoms with E-state index in [-0.39, 0.29) is 18.1 Å².